The third-order valence-corrected chi connectivity index (χ3v) is 4.07. The van der Waals surface area contributed by atoms with Crippen LogP contribution in [0.1, 0.15) is 52.4 Å². The molecule has 0 aromatic rings. The Morgan fingerprint density at radius 1 is 1.21 bits per heavy atom. The molecule has 0 bridgehead atoms. The molecule has 0 aromatic heterocycles. The van der Waals surface area contributed by atoms with Crippen LogP contribution in [0.15, 0.2) is 0 Å². The molecule has 112 valence electrons. The maximum atomic E-state index is 11.5. The molecule has 4 nitrogen and oxygen atoms in total. The lowest BCUT2D eigenvalue weighted by Crippen LogP contribution is -2.42. The zero-order valence-corrected chi connectivity index (χ0v) is 12.9. The minimum atomic E-state index is 0.174. The van der Waals surface area contributed by atoms with Crippen LogP contribution in [0.4, 0.5) is 0 Å². The van der Waals surface area contributed by atoms with E-state index < -0.39 is 0 Å². The largest absolute Gasteiger partial charge is 0.356 e. The lowest BCUT2D eigenvalue weighted by molar-refractivity contribution is -0.121. The number of rotatable bonds is 8. The summed E-state index contributed by atoms with van der Waals surface area (Å²) in [6.45, 7) is 6.93. The van der Waals surface area contributed by atoms with Gasteiger partial charge in [0, 0.05) is 31.6 Å². The van der Waals surface area contributed by atoms with E-state index in [0.29, 0.717) is 18.5 Å². The minimum absolute atomic E-state index is 0.174. The van der Waals surface area contributed by atoms with Crippen LogP contribution in [0.25, 0.3) is 0 Å². The summed E-state index contributed by atoms with van der Waals surface area (Å²) in [5, 5.41) is 6.47. The van der Waals surface area contributed by atoms with Gasteiger partial charge >= 0.3 is 0 Å². The molecular weight excluding hydrogens is 238 g/mol. The predicted octanol–water partition coefficient (Wildman–Crippen LogP) is 1.76. The normalized spacial score (nSPS) is 23.6. The van der Waals surface area contributed by atoms with Crippen LogP contribution >= 0.6 is 0 Å². The molecule has 19 heavy (non-hydrogen) atoms. The first-order chi connectivity index (χ1) is 9.17. The van der Waals surface area contributed by atoms with Crippen LogP contribution in [-0.2, 0) is 4.79 Å². The van der Waals surface area contributed by atoms with Crippen molar-refractivity contribution in [3.05, 3.63) is 0 Å². The molecule has 0 spiro atoms. The molecule has 2 N–H and O–H groups in total. The van der Waals surface area contributed by atoms with Crippen molar-refractivity contribution in [2.45, 2.75) is 64.5 Å². The maximum Gasteiger partial charge on any atom is 0.221 e. The Morgan fingerprint density at radius 2 is 1.89 bits per heavy atom. The molecule has 1 amide bonds. The number of nitrogens with one attached hydrogen (secondary N) is 2. The van der Waals surface area contributed by atoms with Crippen molar-refractivity contribution in [3.63, 3.8) is 0 Å². The van der Waals surface area contributed by atoms with Gasteiger partial charge in [0.25, 0.3) is 0 Å². The van der Waals surface area contributed by atoms with E-state index in [4.69, 9.17) is 0 Å². The van der Waals surface area contributed by atoms with Crippen molar-refractivity contribution in [2.24, 2.45) is 0 Å². The van der Waals surface area contributed by atoms with E-state index in [2.05, 4.69) is 29.5 Å². The molecule has 1 aliphatic rings. The lowest BCUT2D eigenvalue weighted by Gasteiger charge is -2.35. The average molecular weight is 269 g/mol. The third kappa shape index (κ3) is 6.39. The summed E-state index contributed by atoms with van der Waals surface area (Å²) in [5.74, 6) is 0.174. The van der Waals surface area contributed by atoms with Gasteiger partial charge < -0.3 is 15.5 Å². The first kappa shape index (κ1) is 16.4. The minimum Gasteiger partial charge on any atom is -0.356 e. The molecule has 0 radical (unpaired) electrons. The summed E-state index contributed by atoms with van der Waals surface area (Å²) in [7, 11) is 2.16. The van der Waals surface area contributed by atoms with Crippen molar-refractivity contribution >= 4 is 5.91 Å². The van der Waals surface area contributed by atoms with E-state index >= 15 is 0 Å². The Hall–Kier alpha value is -0.610. The molecule has 0 unspecified atom stereocenters. The molecule has 0 heterocycles. The Bertz CT molecular complexity index is 250. The third-order valence-electron chi connectivity index (χ3n) is 4.07. The number of hydrogen-bond donors (Lipinski definition) is 2. The molecule has 1 aliphatic carbocycles. The summed E-state index contributed by atoms with van der Waals surface area (Å²) in [4.78, 5) is 13.8. The maximum absolute atomic E-state index is 11.5. The first-order valence-corrected chi connectivity index (χ1v) is 7.87. The lowest BCUT2D eigenvalue weighted by atomic mass is 9.90. The zero-order chi connectivity index (χ0) is 14.1. The summed E-state index contributed by atoms with van der Waals surface area (Å²) >= 11 is 0. The summed E-state index contributed by atoms with van der Waals surface area (Å²) in [5.41, 5.74) is 0. The average Bonchev–Trinajstić information content (AvgIpc) is 2.43. The first-order valence-electron chi connectivity index (χ1n) is 7.87. The summed E-state index contributed by atoms with van der Waals surface area (Å²) in [6.07, 6.45) is 6.90. The van der Waals surface area contributed by atoms with Gasteiger partial charge in [-0.2, -0.15) is 0 Å². The van der Waals surface area contributed by atoms with Crippen LogP contribution in [-0.4, -0.2) is 49.6 Å². The second kappa shape index (κ2) is 9.32. The van der Waals surface area contributed by atoms with Crippen molar-refractivity contribution in [3.8, 4) is 0 Å². The van der Waals surface area contributed by atoms with E-state index in [9.17, 15) is 4.79 Å². The fraction of sp³-hybridized carbons (Fsp3) is 0.933. The van der Waals surface area contributed by atoms with Gasteiger partial charge in [-0.25, -0.2) is 0 Å². The number of amides is 1. The number of hydrogen-bond acceptors (Lipinski definition) is 3. The van der Waals surface area contributed by atoms with Gasteiger partial charge in [0.1, 0.15) is 0 Å². The highest BCUT2D eigenvalue weighted by Crippen LogP contribution is 2.22. The second-order valence-corrected chi connectivity index (χ2v) is 5.64. The van der Waals surface area contributed by atoms with Crippen molar-refractivity contribution in [1.82, 2.24) is 15.5 Å². The van der Waals surface area contributed by atoms with E-state index in [1.807, 2.05) is 6.92 Å². The Morgan fingerprint density at radius 3 is 2.47 bits per heavy atom. The molecule has 0 atom stereocenters. The van der Waals surface area contributed by atoms with Gasteiger partial charge in [0.05, 0.1) is 0 Å². The smallest absolute Gasteiger partial charge is 0.221 e. The monoisotopic (exact) mass is 269 g/mol. The van der Waals surface area contributed by atoms with Gasteiger partial charge in [0.15, 0.2) is 0 Å². The van der Waals surface area contributed by atoms with Crippen molar-refractivity contribution in [1.29, 1.82) is 0 Å². The highest BCUT2D eigenvalue weighted by Gasteiger charge is 2.23. The van der Waals surface area contributed by atoms with Crippen LogP contribution in [0.2, 0.25) is 0 Å². The van der Waals surface area contributed by atoms with Gasteiger partial charge in [-0.3, -0.25) is 4.79 Å². The van der Waals surface area contributed by atoms with Gasteiger partial charge in [-0.05, 0) is 52.6 Å². The van der Waals surface area contributed by atoms with Gasteiger partial charge in [-0.15, -0.1) is 0 Å². The van der Waals surface area contributed by atoms with E-state index in [1.165, 1.54) is 32.1 Å². The van der Waals surface area contributed by atoms with Crippen LogP contribution in [0, 0.1) is 0 Å². The summed E-state index contributed by atoms with van der Waals surface area (Å²) in [6, 6.07) is 1.38. The highest BCUT2D eigenvalue weighted by molar-refractivity contribution is 5.75. The second-order valence-electron chi connectivity index (χ2n) is 5.64. The number of carbonyl (C=O) groups is 1. The predicted molar refractivity (Wildman–Crippen MR) is 80.3 cm³/mol. The topological polar surface area (TPSA) is 44.4 Å². The summed E-state index contributed by atoms with van der Waals surface area (Å²) < 4.78 is 0. The Kier molecular flexibility index (Phi) is 8.07. The SMILES string of the molecule is CCCNC1CCC(N(C)CCC(=O)NCC)CC1. The fourth-order valence-corrected chi connectivity index (χ4v) is 2.82. The van der Waals surface area contributed by atoms with Gasteiger partial charge in [-0.1, -0.05) is 6.92 Å². The Labute approximate surface area is 118 Å². The fourth-order valence-electron chi connectivity index (χ4n) is 2.82. The molecule has 1 rings (SSSR count). The molecular formula is C15H31N3O. The van der Waals surface area contributed by atoms with E-state index in [0.717, 1.165) is 19.6 Å². The molecule has 1 fully saturated rings. The molecule has 0 saturated heterocycles. The molecule has 0 aliphatic heterocycles. The number of carbonyl (C=O) groups excluding carboxylic acids is 1. The van der Waals surface area contributed by atoms with E-state index in [-0.39, 0.29) is 5.91 Å². The highest BCUT2D eigenvalue weighted by atomic mass is 16.1. The van der Waals surface area contributed by atoms with Crippen LogP contribution < -0.4 is 10.6 Å². The van der Waals surface area contributed by atoms with Crippen molar-refractivity contribution < 1.29 is 4.79 Å². The molecule has 4 heteroatoms. The molecule has 1 saturated carbocycles. The quantitative estimate of drug-likeness (QED) is 0.706. The zero-order valence-electron chi connectivity index (χ0n) is 12.9. The number of nitrogens with zero attached hydrogens (tertiary/aromatic N) is 1. The van der Waals surface area contributed by atoms with Crippen molar-refractivity contribution in [2.75, 3.05) is 26.7 Å². The standard InChI is InChI=1S/C15H31N3O/c1-4-11-17-13-6-8-14(9-7-13)18(3)12-10-15(19)16-5-2/h13-14,17H,4-12H2,1-3H3,(H,16,19). The van der Waals surface area contributed by atoms with E-state index in [1.54, 1.807) is 0 Å². The van der Waals surface area contributed by atoms with Crippen LogP contribution in [0.5, 0.6) is 0 Å². The van der Waals surface area contributed by atoms with Crippen LogP contribution in [0.3, 0.4) is 0 Å². The Balaban J connectivity index is 2.17. The molecule has 0 aromatic carbocycles. The van der Waals surface area contributed by atoms with Gasteiger partial charge in [0.2, 0.25) is 5.91 Å².